The molecule has 0 bridgehead atoms. The minimum absolute atomic E-state index is 0.00123. The van der Waals surface area contributed by atoms with Gasteiger partial charge in [0.15, 0.2) is 11.5 Å². The number of carbonyl (C=O) groups is 4. The number of amides is 2. The molecule has 6 rings (SSSR count). The van der Waals surface area contributed by atoms with Crippen LogP contribution < -0.4 is 22.1 Å². The summed E-state index contributed by atoms with van der Waals surface area (Å²) in [5, 5.41) is 33.2. The van der Waals surface area contributed by atoms with E-state index in [0.29, 0.717) is 47.9 Å². The monoisotopic (exact) mass is 660 g/mol. The zero-order valence-electron chi connectivity index (χ0n) is 26.6. The van der Waals surface area contributed by atoms with E-state index in [9.17, 15) is 19.2 Å². The summed E-state index contributed by atoms with van der Waals surface area (Å²) in [4.78, 5) is 42.5. The molecule has 2 aromatic carbocycles. The fourth-order valence-electron chi connectivity index (χ4n) is 4.83. The number of hydrogen-bond acceptors (Lipinski definition) is 10. The van der Waals surface area contributed by atoms with Crippen LogP contribution in [0.15, 0.2) is 69.8 Å². The minimum atomic E-state index is -1.26. The van der Waals surface area contributed by atoms with Gasteiger partial charge in [-0.2, -0.15) is 10.2 Å². The van der Waals surface area contributed by atoms with Gasteiger partial charge in [-0.3, -0.25) is 19.0 Å². The molecule has 0 radical (unpaired) electrons. The lowest BCUT2D eigenvalue weighted by Gasteiger charge is -2.06. The number of carbonyl (C=O) groups excluding carboxylic acids is 2. The molecular weight excluding hydrogens is 624 g/mol. The number of furan rings is 2. The average Bonchev–Trinajstić information content (AvgIpc) is 3.83. The van der Waals surface area contributed by atoms with Crippen LogP contribution in [-0.2, 0) is 22.7 Å². The normalized spacial score (nSPS) is 12.4. The van der Waals surface area contributed by atoms with Crippen molar-refractivity contribution in [1.82, 2.24) is 30.2 Å². The van der Waals surface area contributed by atoms with Gasteiger partial charge >= 0.3 is 11.9 Å². The second-order valence-electron chi connectivity index (χ2n) is 10.8. The summed E-state index contributed by atoms with van der Waals surface area (Å²) in [6.45, 7) is 5.09. The van der Waals surface area contributed by atoms with Crippen molar-refractivity contribution < 1.29 is 38.2 Å². The number of aromatic nitrogens is 4. The van der Waals surface area contributed by atoms with Gasteiger partial charge in [0.1, 0.15) is 11.2 Å². The number of nitrogens with zero attached hydrogens (tertiary/aromatic N) is 4. The molecule has 0 unspecified atom stereocenters. The SMILES string of the molecule is CNC(=O)c1cc2c(ccc3cnn(C[C@H](C)N)c32)o1.CNC(=O)c1cc2c(ccc3cnn(C[C@H](C)N)c32)o1.O=C(O)/C=C/C(=O)O. The van der Waals surface area contributed by atoms with Crippen LogP contribution in [0.4, 0.5) is 0 Å². The van der Waals surface area contributed by atoms with Gasteiger partial charge in [0.25, 0.3) is 11.8 Å². The largest absolute Gasteiger partial charge is 0.478 e. The van der Waals surface area contributed by atoms with Gasteiger partial charge in [0.05, 0.1) is 36.5 Å². The summed E-state index contributed by atoms with van der Waals surface area (Å²) in [5.41, 5.74) is 14.9. The number of benzene rings is 2. The highest BCUT2D eigenvalue weighted by Crippen LogP contribution is 2.29. The first-order valence-corrected chi connectivity index (χ1v) is 14.7. The zero-order chi connectivity index (χ0) is 35.1. The van der Waals surface area contributed by atoms with Crippen LogP contribution >= 0.6 is 0 Å². The molecule has 48 heavy (non-hydrogen) atoms. The van der Waals surface area contributed by atoms with Crippen molar-refractivity contribution in [1.29, 1.82) is 0 Å². The highest BCUT2D eigenvalue weighted by atomic mass is 16.4. The Hall–Kier alpha value is -6.00. The first-order valence-electron chi connectivity index (χ1n) is 14.7. The average molecular weight is 661 g/mol. The van der Waals surface area contributed by atoms with E-state index in [1.165, 1.54) is 0 Å². The third-order valence-corrected chi connectivity index (χ3v) is 6.79. The number of fused-ring (bicyclic) bond motifs is 6. The summed E-state index contributed by atoms with van der Waals surface area (Å²) < 4.78 is 14.9. The van der Waals surface area contributed by atoms with Crippen LogP contribution in [0.2, 0.25) is 0 Å². The van der Waals surface area contributed by atoms with Gasteiger partial charge in [-0.15, -0.1) is 0 Å². The van der Waals surface area contributed by atoms with Crippen molar-refractivity contribution in [2.24, 2.45) is 11.5 Å². The number of carboxylic acid groups (broad SMARTS) is 2. The molecule has 4 aromatic heterocycles. The van der Waals surface area contributed by atoms with E-state index in [-0.39, 0.29) is 23.9 Å². The molecule has 0 saturated carbocycles. The van der Waals surface area contributed by atoms with E-state index in [1.807, 2.05) is 47.5 Å². The highest BCUT2D eigenvalue weighted by Gasteiger charge is 2.17. The van der Waals surface area contributed by atoms with Gasteiger partial charge < -0.3 is 41.1 Å². The van der Waals surface area contributed by atoms with Crippen LogP contribution in [-0.4, -0.2) is 79.7 Å². The van der Waals surface area contributed by atoms with E-state index >= 15 is 0 Å². The Kier molecular flexibility index (Phi) is 10.9. The topological polar surface area (TPSA) is 247 Å². The second-order valence-corrected chi connectivity index (χ2v) is 10.8. The number of rotatable bonds is 8. The van der Waals surface area contributed by atoms with Gasteiger partial charge in [-0.1, -0.05) is 0 Å². The molecule has 6 aromatic rings. The Morgan fingerprint density at radius 3 is 1.44 bits per heavy atom. The first kappa shape index (κ1) is 34.9. The maximum Gasteiger partial charge on any atom is 0.328 e. The van der Waals surface area contributed by atoms with Gasteiger partial charge in [-0.05, 0) is 50.2 Å². The molecule has 252 valence electrons. The molecule has 4 heterocycles. The Morgan fingerprint density at radius 1 is 0.750 bits per heavy atom. The van der Waals surface area contributed by atoms with E-state index in [1.54, 1.807) is 38.6 Å². The predicted octanol–water partition coefficient (Wildman–Crippen LogP) is 2.69. The van der Waals surface area contributed by atoms with E-state index in [0.717, 1.165) is 32.6 Å². The lowest BCUT2D eigenvalue weighted by Crippen LogP contribution is -2.22. The third-order valence-electron chi connectivity index (χ3n) is 6.79. The summed E-state index contributed by atoms with van der Waals surface area (Å²) in [6, 6.07) is 11.0. The molecule has 2 atom stereocenters. The van der Waals surface area contributed by atoms with E-state index in [2.05, 4.69) is 20.8 Å². The molecule has 0 saturated heterocycles. The maximum absolute atomic E-state index is 11.7. The molecule has 0 aliphatic heterocycles. The number of carboxylic acids is 2. The van der Waals surface area contributed by atoms with Gasteiger partial charge in [0, 0.05) is 59.9 Å². The van der Waals surface area contributed by atoms with Crippen molar-refractivity contribution in [3.05, 3.63) is 72.5 Å². The van der Waals surface area contributed by atoms with Crippen molar-refractivity contribution >= 4 is 67.5 Å². The summed E-state index contributed by atoms with van der Waals surface area (Å²) in [7, 11) is 3.15. The van der Waals surface area contributed by atoms with Crippen LogP contribution in [0.3, 0.4) is 0 Å². The summed E-state index contributed by atoms with van der Waals surface area (Å²) >= 11 is 0. The molecule has 0 aliphatic carbocycles. The zero-order valence-corrected chi connectivity index (χ0v) is 26.6. The van der Waals surface area contributed by atoms with Gasteiger partial charge in [0.2, 0.25) is 0 Å². The lowest BCUT2D eigenvalue weighted by molar-refractivity contribution is -0.134. The van der Waals surface area contributed by atoms with Crippen LogP contribution in [0, 0.1) is 0 Å². The molecule has 2 amide bonds. The summed E-state index contributed by atoms with van der Waals surface area (Å²) in [5.74, 6) is -2.41. The van der Waals surface area contributed by atoms with Crippen LogP contribution in [0.5, 0.6) is 0 Å². The van der Waals surface area contributed by atoms with Crippen molar-refractivity contribution in [3.63, 3.8) is 0 Å². The Bertz CT molecular complexity index is 1980. The molecular formula is C32H36N8O8. The van der Waals surface area contributed by atoms with E-state index in [4.69, 9.17) is 30.5 Å². The minimum Gasteiger partial charge on any atom is -0.478 e. The highest BCUT2D eigenvalue weighted by molar-refractivity contribution is 6.08. The van der Waals surface area contributed by atoms with E-state index < -0.39 is 11.9 Å². The Labute approximate surface area is 272 Å². The molecule has 0 fully saturated rings. The standard InChI is InChI=1S/2C14H16N4O2.C4H4O4/c2*1-8(15)7-18-13-9(6-17-18)3-4-11-10(13)5-12(20-11)14(19)16-2;5-3(6)1-2-4(7)8/h2*3-6,8H,7,15H2,1-2H3,(H,16,19);1-2H,(H,5,6)(H,7,8)/b;;2-1+/t2*8-;/m00./s1. The lowest BCUT2D eigenvalue weighted by atomic mass is 10.2. The van der Waals surface area contributed by atoms with Crippen molar-refractivity contribution in [3.8, 4) is 0 Å². The van der Waals surface area contributed by atoms with Crippen molar-refractivity contribution in [2.45, 2.75) is 39.0 Å². The molecule has 8 N–H and O–H groups in total. The number of nitrogens with two attached hydrogens (primary N) is 2. The predicted molar refractivity (Wildman–Crippen MR) is 178 cm³/mol. The molecule has 16 heteroatoms. The molecule has 0 spiro atoms. The summed E-state index contributed by atoms with van der Waals surface area (Å²) in [6.07, 6.45) is 4.71. The second kappa shape index (κ2) is 15.1. The van der Waals surface area contributed by atoms with Crippen molar-refractivity contribution in [2.75, 3.05) is 14.1 Å². The number of aliphatic carboxylic acids is 2. The molecule has 0 aliphatic rings. The molecule has 16 nitrogen and oxygen atoms in total. The number of hydrogen-bond donors (Lipinski definition) is 6. The fourth-order valence-corrected chi connectivity index (χ4v) is 4.83. The smallest absolute Gasteiger partial charge is 0.328 e. The Balaban J connectivity index is 0.000000178. The third kappa shape index (κ3) is 8.04. The van der Waals surface area contributed by atoms with Crippen LogP contribution in [0.25, 0.3) is 43.7 Å². The van der Waals surface area contributed by atoms with Crippen LogP contribution in [0.1, 0.15) is 35.0 Å². The maximum atomic E-state index is 11.7. The van der Waals surface area contributed by atoms with Gasteiger partial charge in [-0.25, -0.2) is 9.59 Å². The fraction of sp³-hybridized carbons (Fsp3) is 0.250. The number of nitrogens with one attached hydrogen (secondary N) is 2. The quantitative estimate of drug-likeness (QED) is 0.129. The first-order chi connectivity index (χ1) is 22.8. The Morgan fingerprint density at radius 2 is 1.12 bits per heavy atom.